The van der Waals surface area contributed by atoms with Crippen molar-refractivity contribution in [2.45, 2.75) is 6.92 Å². The van der Waals surface area contributed by atoms with Crippen molar-refractivity contribution in [2.75, 3.05) is 6.61 Å². The van der Waals surface area contributed by atoms with Gasteiger partial charge in [0, 0.05) is 0 Å². The van der Waals surface area contributed by atoms with Crippen molar-refractivity contribution in [3.63, 3.8) is 0 Å². The van der Waals surface area contributed by atoms with Gasteiger partial charge in [0.25, 0.3) is 0 Å². The Morgan fingerprint density at radius 1 is 1.53 bits per heavy atom. The van der Waals surface area contributed by atoms with Crippen molar-refractivity contribution in [1.82, 2.24) is 5.43 Å². The molecule has 0 bridgehead atoms. The summed E-state index contributed by atoms with van der Waals surface area (Å²) in [5.74, 6) is 0.803. The van der Waals surface area contributed by atoms with Gasteiger partial charge in [-0.15, -0.1) is 0 Å². The molecule has 0 saturated heterocycles. The van der Waals surface area contributed by atoms with Gasteiger partial charge in [-0.05, 0) is 36.8 Å². The molecule has 1 rings (SSSR count). The second-order valence-electron chi connectivity index (χ2n) is 2.74. The topological polar surface area (TPSA) is 76.7 Å². The lowest BCUT2D eigenvalue weighted by molar-refractivity contribution is 0.249. The second kappa shape index (κ2) is 5.64. The third kappa shape index (κ3) is 4.12. The number of benzene rings is 1. The fraction of sp³-hybridized carbons (Fsp3) is 0.200. The molecule has 5 heteroatoms. The number of rotatable bonds is 4. The summed E-state index contributed by atoms with van der Waals surface area (Å²) in [5, 5.41) is 3.63. The summed E-state index contributed by atoms with van der Waals surface area (Å²) >= 11 is 0. The quantitative estimate of drug-likeness (QED) is 0.572. The summed E-state index contributed by atoms with van der Waals surface area (Å²) in [6.07, 6.45) is 1.50. The third-order valence-corrected chi connectivity index (χ3v) is 1.58. The number of primary amides is 1. The summed E-state index contributed by atoms with van der Waals surface area (Å²) in [7, 11) is 0. The number of hydrazone groups is 1. The Bertz CT molecular complexity index is 346. The summed E-state index contributed by atoms with van der Waals surface area (Å²) in [6.45, 7) is 2.56. The number of hydrogen-bond donors (Lipinski definition) is 2. The lowest BCUT2D eigenvalue weighted by atomic mass is 10.2. The van der Waals surface area contributed by atoms with Crippen LogP contribution in [0.5, 0.6) is 5.75 Å². The summed E-state index contributed by atoms with van der Waals surface area (Å²) < 4.78 is 5.27. The molecule has 5 nitrogen and oxygen atoms in total. The van der Waals surface area contributed by atoms with Crippen LogP contribution in [0, 0.1) is 0 Å². The Kier molecular flexibility index (Phi) is 4.15. The molecule has 1 aromatic rings. The van der Waals surface area contributed by atoms with E-state index in [1.165, 1.54) is 6.21 Å². The van der Waals surface area contributed by atoms with Gasteiger partial charge in [0.1, 0.15) is 5.75 Å². The van der Waals surface area contributed by atoms with Crippen LogP contribution in [0.15, 0.2) is 29.4 Å². The standard InChI is InChI=1S/C10H13N3O2/c1-2-15-9-5-3-8(4-6-9)7-12-13-10(11)14/h3-7H,2H2,1H3,(H3,11,13,14). The van der Waals surface area contributed by atoms with Crippen molar-refractivity contribution in [3.05, 3.63) is 29.8 Å². The molecule has 0 heterocycles. The Balaban J connectivity index is 2.56. The monoisotopic (exact) mass is 207 g/mol. The maximum Gasteiger partial charge on any atom is 0.332 e. The average Bonchev–Trinajstić information content (AvgIpc) is 2.20. The minimum Gasteiger partial charge on any atom is -0.494 e. The molecule has 0 unspecified atom stereocenters. The number of urea groups is 1. The SMILES string of the molecule is CCOc1ccc(C=NNC(N)=O)cc1. The van der Waals surface area contributed by atoms with Crippen LogP contribution in [-0.2, 0) is 0 Å². The molecule has 15 heavy (non-hydrogen) atoms. The third-order valence-electron chi connectivity index (χ3n) is 1.58. The molecule has 0 spiro atoms. The van der Waals surface area contributed by atoms with Crippen LogP contribution in [0.2, 0.25) is 0 Å². The van der Waals surface area contributed by atoms with Crippen LogP contribution in [0.4, 0.5) is 4.79 Å². The van der Waals surface area contributed by atoms with Crippen LogP contribution >= 0.6 is 0 Å². The zero-order chi connectivity index (χ0) is 11.1. The number of nitrogens with zero attached hydrogens (tertiary/aromatic N) is 1. The van der Waals surface area contributed by atoms with Crippen LogP contribution in [0.3, 0.4) is 0 Å². The van der Waals surface area contributed by atoms with Gasteiger partial charge in [0.2, 0.25) is 0 Å². The molecule has 3 N–H and O–H groups in total. The minimum atomic E-state index is -0.683. The van der Waals surface area contributed by atoms with E-state index in [1.54, 1.807) is 0 Å². The van der Waals surface area contributed by atoms with Crippen molar-refractivity contribution in [3.8, 4) is 5.75 Å². The lowest BCUT2D eigenvalue weighted by Crippen LogP contribution is -2.24. The maximum absolute atomic E-state index is 10.3. The summed E-state index contributed by atoms with van der Waals surface area (Å²) in [6, 6.07) is 6.63. The van der Waals surface area contributed by atoms with E-state index < -0.39 is 6.03 Å². The zero-order valence-corrected chi connectivity index (χ0v) is 8.43. The van der Waals surface area contributed by atoms with Gasteiger partial charge in [-0.25, -0.2) is 10.2 Å². The van der Waals surface area contributed by atoms with E-state index in [4.69, 9.17) is 10.5 Å². The lowest BCUT2D eigenvalue weighted by Gasteiger charge is -2.01. The molecule has 0 atom stereocenters. The summed E-state index contributed by atoms with van der Waals surface area (Å²) in [4.78, 5) is 10.3. The van der Waals surface area contributed by atoms with Gasteiger partial charge in [-0.2, -0.15) is 5.10 Å². The molecule has 1 aromatic carbocycles. The molecule has 0 saturated carbocycles. The van der Waals surface area contributed by atoms with Crippen molar-refractivity contribution < 1.29 is 9.53 Å². The fourth-order valence-corrected chi connectivity index (χ4v) is 0.987. The first kappa shape index (κ1) is 11.0. The van der Waals surface area contributed by atoms with E-state index in [9.17, 15) is 4.79 Å². The minimum absolute atomic E-state index is 0.636. The Morgan fingerprint density at radius 2 is 2.20 bits per heavy atom. The highest BCUT2D eigenvalue weighted by Gasteiger charge is 1.92. The van der Waals surface area contributed by atoms with Crippen LogP contribution in [0.25, 0.3) is 0 Å². The number of amides is 2. The van der Waals surface area contributed by atoms with Gasteiger partial charge < -0.3 is 10.5 Å². The highest BCUT2D eigenvalue weighted by Crippen LogP contribution is 2.10. The maximum atomic E-state index is 10.3. The summed E-state index contributed by atoms with van der Waals surface area (Å²) in [5.41, 5.74) is 7.80. The normalized spacial score (nSPS) is 10.2. The molecule has 2 amide bonds. The first-order valence-corrected chi connectivity index (χ1v) is 4.53. The molecule has 0 aliphatic rings. The van der Waals surface area contributed by atoms with E-state index in [0.717, 1.165) is 11.3 Å². The smallest absolute Gasteiger partial charge is 0.332 e. The van der Waals surface area contributed by atoms with Crippen LogP contribution in [0.1, 0.15) is 12.5 Å². The predicted molar refractivity (Wildman–Crippen MR) is 57.9 cm³/mol. The number of carbonyl (C=O) groups is 1. The van der Waals surface area contributed by atoms with Gasteiger partial charge >= 0.3 is 6.03 Å². The van der Waals surface area contributed by atoms with Gasteiger partial charge in [-0.3, -0.25) is 0 Å². The van der Waals surface area contributed by atoms with E-state index in [-0.39, 0.29) is 0 Å². The Hall–Kier alpha value is -2.04. The number of nitrogens with two attached hydrogens (primary N) is 1. The average molecular weight is 207 g/mol. The predicted octanol–water partition coefficient (Wildman–Crippen LogP) is 1.09. The van der Waals surface area contributed by atoms with E-state index in [1.807, 2.05) is 31.2 Å². The molecular weight excluding hydrogens is 194 g/mol. The van der Waals surface area contributed by atoms with Crippen molar-refractivity contribution in [1.29, 1.82) is 0 Å². The first-order chi connectivity index (χ1) is 7.22. The molecule has 0 aliphatic carbocycles. The van der Waals surface area contributed by atoms with Gasteiger partial charge in [0.15, 0.2) is 0 Å². The number of hydrogen-bond acceptors (Lipinski definition) is 3. The van der Waals surface area contributed by atoms with Gasteiger partial charge in [-0.1, -0.05) is 0 Å². The molecule has 0 fully saturated rings. The van der Waals surface area contributed by atoms with Crippen LogP contribution < -0.4 is 15.9 Å². The molecule has 0 aliphatic heterocycles. The van der Waals surface area contributed by atoms with E-state index in [0.29, 0.717) is 6.61 Å². The van der Waals surface area contributed by atoms with Crippen molar-refractivity contribution >= 4 is 12.2 Å². The Morgan fingerprint density at radius 3 is 2.73 bits per heavy atom. The fourth-order valence-electron chi connectivity index (χ4n) is 0.987. The molecule has 0 radical (unpaired) electrons. The molecule has 0 aromatic heterocycles. The molecular formula is C10H13N3O2. The van der Waals surface area contributed by atoms with E-state index in [2.05, 4.69) is 10.5 Å². The van der Waals surface area contributed by atoms with Gasteiger partial charge in [0.05, 0.1) is 12.8 Å². The highest BCUT2D eigenvalue weighted by molar-refractivity contribution is 5.81. The second-order valence-corrected chi connectivity index (χ2v) is 2.74. The highest BCUT2D eigenvalue weighted by atomic mass is 16.5. The zero-order valence-electron chi connectivity index (χ0n) is 8.43. The van der Waals surface area contributed by atoms with Crippen molar-refractivity contribution in [2.24, 2.45) is 10.8 Å². The largest absolute Gasteiger partial charge is 0.494 e. The number of carbonyl (C=O) groups excluding carboxylic acids is 1. The molecule has 80 valence electrons. The Labute approximate surface area is 87.9 Å². The first-order valence-electron chi connectivity index (χ1n) is 4.53. The number of nitrogens with one attached hydrogen (secondary N) is 1. The van der Waals surface area contributed by atoms with Crippen LogP contribution in [-0.4, -0.2) is 18.9 Å². The van der Waals surface area contributed by atoms with E-state index >= 15 is 0 Å². The number of ether oxygens (including phenoxy) is 1.